The molecule has 30 heavy (non-hydrogen) atoms. The van der Waals surface area contributed by atoms with Crippen LogP contribution in [-0.2, 0) is 11.2 Å². The van der Waals surface area contributed by atoms with Crippen molar-refractivity contribution in [3.05, 3.63) is 60.2 Å². The molecule has 6 nitrogen and oxygen atoms in total. The molecule has 1 saturated heterocycles. The lowest BCUT2D eigenvalue weighted by Crippen LogP contribution is -2.42. The average Bonchev–Trinajstić information content (AvgIpc) is 2.78. The van der Waals surface area contributed by atoms with Crippen molar-refractivity contribution in [1.29, 1.82) is 0 Å². The summed E-state index contributed by atoms with van der Waals surface area (Å²) in [6, 6.07) is 17.1. The minimum absolute atomic E-state index is 0.140. The van der Waals surface area contributed by atoms with Crippen molar-refractivity contribution >= 4 is 17.6 Å². The number of hydrogen-bond acceptors (Lipinski definition) is 3. The molecule has 1 atom stereocenters. The molecule has 3 amide bonds. The fourth-order valence-corrected chi connectivity index (χ4v) is 3.56. The molecular formula is C24H31N3O3. The Morgan fingerprint density at radius 3 is 2.60 bits per heavy atom. The van der Waals surface area contributed by atoms with E-state index in [9.17, 15) is 9.59 Å². The summed E-state index contributed by atoms with van der Waals surface area (Å²) in [5.74, 6) is 1.37. The Morgan fingerprint density at radius 2 is 1.87 bits per heavy atom. The molecule has 3 rings (SSSR count). The van der Waals surface area contributed by atoms with Crippen molar-refractivity contribution in [2.75, 3.05) is 31.6 Å². The van der Waals surface area contributed by atoms with Crippen molar-refractivity contribution in [3.63, 3.8) is 0 Å². The summed E-state index contributed by atoms with van der Waals surface area (Å²) in [6.07, 6.45) is 3.35. The van der Waals surface area contributed by atoms with Crippen LogP contribution in [0.25, 0.3) is 0 Å². The van der Waals surface area contributed by atoms with Gasteiger partial charge < -0.3 is 20.3 Å². The SMILES string of the molecule is CCCNC(=O)Nc1ccc(CC(=O)N2CCCC(COc3ccccc3)C2)cc1. The molecule has 0 spiro atoms. The maximum atomic E-state index is 12.8. The van der Waals surface area contributed by atoms with Crippen LogP contribution in [0.3, 0.4) is 0 Å². The normalized spacial score (nSPS) is 16.0. The lowest BCUT2D eigenvalue weighted by atomic mass is 9.98. The number of nitrogens with zero attached hydrogens (tertiary/aromatic N) is 1. The maximum absolute atomic E-state index is 12.8. The molecule has 1 heterocycles. The van der Waals surface area contributed by atoms with Crippen LogP contribution in [0.1, 0.15) is 31.7 Å². The number of nitrogens with one attached hydrogen (secondary N) is 2. The van der Waals surface area contributed by atoms with E-state index in [4.69, 9.17) is 4.74 Å². The molecular weight excluding hydrogens is 378 g/mol. The average molecular weight is 410 g/mol. The molecule has 2 N–H and O–H groups in total. The van der Waals surface area contributed by atoms with Gasteiger partial charge in [-0.3, -0.25) is 4.79 Å². The highest BCUT2D eigenvalue weighted by Crippen LogP contribution is 2.20. The van der Waals surface area contributed by atoms with E-state index in [1.54, 1.807) is 0 Å². The number of ether oxygens (including phenoxy) is 1. The van der Waals surface area contributed by atoms with Crippen molar-refractivity contribution in [2.45, 2.75) is 32.6 Å². The van der Waals surface area contributed by atoms with Gasteiger partial charge in [-0.15, -0.1) is 0 Å². The number of hydrogen-bond donors (Lipinski definition) is 2. The van der Waals surface area contributed by atoms with E-state index in [0.29, 0.717) is 25.5 Å². The van der Waals surface area contributed by atoms with Crippen LogP contribution in [0.4, 0.5) is 10.5 Å². The number of para-hydroxylation sites is 1. The fourth-order valence-electron chi connectivity index (χ4n) is 3.56. The van der Waals surface area contributed by atoms with E-state index in [2.05, 4.69) is 10.6 Å². The van der Waals surface area contributed by atoms with Crippen LogP contribution in [0.2, 0.25) is 0 Å². The fraction of sp³-hybridized carbons (Fsp3) is 0.417. The molecule has 1 unspecified atom stereocenters. The number of carbonyl (C=O) groups is 2. The van der Waals surface area contributed by atoms with Gasteiger partial charge in [0.05, 0.1) is 13.0 Å². The van der Waals surface area contributed by atoms with Gasteiger partial charge >= 0.3 is 6.03 Å². The molecule has 1 fully saturated rings. The number of amides is 3. The first-order valence-electron chi connectivity index (χ1n) is 10.7. The molecule has 2 aromatic rings. The van der Waals surface area contributed by atoms with E-state index in [-0.39, 0.29) is 11.9 Å². The molecule has 0 aromatic heterocycles. The van der Waals surface area contributed by atoms with Gasteiger partial charge in [0.1, 0.15) is 5.75 Å². The number of benzene rings is 2. The number of piperidine rings is 1. The van der Waals surface area contributed by atoms with Crippen LogP contribution in [0.15, 0.2) is 54.6 Å². The van der Waals surface area contributed by atoms with E-state index in [0.717, 1.165) is 49.4 Å². The van der Waals surface area contributed by atoms with Crippen molar-refractivity contribution in [2.24, 2.45) is 5.92 Å². The van der Waals surface area contributed by atoms with Gasteiger partial charge in [0, 0.05) is 31.2 Å². The minimum Gasteiger partial charge on any atom is -0.493 e. The highest BCUT2D eigenvalue weighted by atomic mass is 16.5. The van der Waals surface area contributed by atoms with E-state index >= 15 is 0 Å². The Kier molecular flexibility index (Phi) is 8.12. The van der Waals surface area contributed by atoms with E-state index in [1.165, 1.54) is 0 Å². The second-order valence-corrected chi connectivity index (χ2v) is 7.73. The summed E-state index contributed by atoms with van der Waals surface area (Å²) < 4.78 is 5.88. The first-order valence-corrected chi connectivity index (χ1v) is 10.7. The van der Waals surface area contributed by atoms with Gasteiger partial charge in [-0.2, -0.15) is 0 Å². The molecule has 160 valence electrons. The Bertz CT molecular complexity index is 808. The lowest BCUT2D eigenvalue weighted by Gasteiger charge is -2.32. The second kappa shape index (κ2) is 11.2. The standard InChI is InChI=1S/C24H31N3O3/c1-2-14-25-24(29)26-21-12-10-19(11-13-21)16-23(28)27-15-6-7-20(17-27)18-30-22-8-4-3-5-9-22/h3-5,8-13,20H,2,6-7,14-18H2,1H3,(H2,25,26,29). The summed E-state index contributed by atoms with van der Waals surface area (Å²) >= 11 is 0. The van der Waals surface area contributed by atoms with Crippen molar-refractivity contribution < 1.29 is 14.3 Å². The molecule has 2 aromatic carbocycles. The monoisotopic (exact) mass is 409 g/mol. The first-order chi connectivity index (χ1) is 14.6. The zero-order valence-corrected chi connectivity index (χ0v) is 17.6. The van der Waals surface area contributed by atoms with Gasteiger partial charge in [0.15, 0.2) is 0 Å². The predicted octanol–water partition coefficient (Wildman–Crippen LogP) is 4.08. The van der Waals surface area contributed by atoms with Gasteiger partial charge in [-0.25, -0.2) is 4.79 Å². The highest BCUT2D eigenvalue weighted by molar-refractivity contribution is 5.89. The Labute approximate surface area is 178 Å². The molecule has 0 radical (unpaired) electrons. The number of urea groups is 1. The predicted molar refractivity (Wildman–Crippen MR) is 119 cm³/mol. The number of rotatable bonds is 8. The number of anilines is 1. The zero-order chi connectivity index (χ0) is 21.2. The van der Waals surface area contributed by atoms with Gasteiger partial charge in [-0.05, 0) is 49.1 Å². The third-order valence-electron chi connectivity index (χ3n) is 5.20. The van der Waals surface area contributed by atoms with Crippen LogP contribution in [-0.4, -0.2) is 43.1 Å². The Hall–Kier alpha value is -3.02. The van der Waals surface area contributed by atoms with Crippen LogP contribution < -0.4 is 15.4 Å². The summed E-state index contributed by atoms with van der Waals surface area (Å²) in [7, 11) is 0. The summed E-state index contributed by atoms with van der Waals surface area (Å²) in [4.78, 5) is 26.4. The van der Waals surface area contributed by atoms with Gasteiger partial charge in [-0.1, -0.05) is 37.3 Å². The third-order valence-corrected chi connectivity index (χ3v) is 5.20. The lowest BCUT2D eigenvalue weighted by molar-refractivity contribution is -0.132. The smallest absolute Gasteiger partial charge is 0.319 e. The Morgan fingerprint density at radius 1 is 1.10 bits per heavy atom. The van der Waals surface area contributed by atoms with Crippen LogP contribution in [0.5, 0.6) is 5.75 Å². The second-order valence-electron chi connectivity index (χ2n) is 7.73. The number of likely N-dealkylation sites (tertiary alicyclic amines) is 1. The molecule has 1 aliphatic heterocycles. The highest BCUT2D eigenvalue weighted by Gasteiger charge is 2.24. The number of carbonyl (C=O) groups excluding carboxylic acids is 2. The molecule has 0 saturated carbocycles. The van der Waals surface area contributed by atoms with Crippen LogP contribution >= 0.6 is 0 Å². The zero-order valence-electron chi connectivity index (χ0n) is 17.6. The molecule has 1 aliphatic rings. The summed E-state index contributed by atoms with van der Waals surface area (Å²) in [5, 5.41) is 5.57. The van der Waals surface area contributed by atoms with E-state index in [1.807, 2.05) is 66.4 Å². The first kappa shape index (κ1) is 21.7. The largest absolute Gasteiger partial charge is 0.493 e. The van der Waals surface area contributed by atoms with E-state index < -0.39 is 0 Å². The topological polar surface area (TPSA) is 70.7 Å². The van der Waals surface area contributed by atoms with Gasteiger partial charge in [0.25, 0.3) is 0 Å². The maximum Gasteiger partial charge on any atom is 0.319 e. The third kappa shape index (κ3) is 6.79. The molecule has 6 heteroatoms. The molecule has 0 bridgehead atoms. The van der Waals surface area contributed by atoms with Crippen molar-refractivity contribution in [1.82, 2.24) is 10.2 Å². The quantitative estimate of drug-likeness (QED) is 0.690. The van der Waals surface area contributed by atoms with Crippen LogP contribution in [0, 0.1) is 5.92 Å². The summed E-state index contributed by atoms with van der Waals surface area (Å²) in [6.45, 7) is 4.83. The minimum atomic E-state index is -0.210. The summed E-state index contributed by atoms with van der Waals surface area (Å²) in [5.41, 5.74) is 1.66. The molecule has 0 aliphatic carbocycles. The van der Waals surface area contributed by atoms with Crippen molar-refractivity contribution in [3.8, 4) is 5.75 Å². The Balaban J connectivity index is 1.46. The van der Waals surface area contributed by atoms with Gasteiger partial charge in [0.2, 0.25) is 5.91 Å².